The summed E-state index contributed by atoms with van der Waals surface area (Å²) in [5, 5.41) is 12.3. The first-order chi connectivity index (χ1) is 10.8. The summed E-state index contributed by atoms with van der Waals surface area (Å²) >= 11 is 0. The van der Waals surface area contributed by atoms with E-state index in [2.05, 4.69) is 17.5 Å². The molecule has 0 radical (unpaired) electrons. The molecule has 0 saturated heterocycles. The predicted molar refractivity (Wildman–Crippen MR) is 89.4 cm³/mol. The zero-order valence-electron chi connectivity index (χ0n) is 13.2. The van der Waals surface area contributed by atoms with E-state index in [4.69, 9.17) is 0 Å². The summed E-state index contributed by atoms with van der Waals surface area (Å²) in [6.07, 6.45) is 12.3. The standard InChI is InChI=1S/C19H27NO2/c21-15-18(17-12-5-2-6-13-17)20-19(22)14-8-7-11-16-9-3-1-4-10-16/h2,5-7,11-13,16,18,21H,1,3-4,8-10,14-15H2,(H,20,22). The molecule has 22 heavy (non-hydrogen) atoms. The Balaban J connectivity index is 1.71. The molecule has 120 valence electrons. The van der Waals surface area contributed by atoms with Crippen molar-refractivity contribution in [3.8, 4) is 0 Å². The van der Waals surface area contributed by atoms with E-state index in [1.807, 2.05) is 30.3 Å². The topological polar surface area (TPSA) is 49.3 Å². The quantitative estimate of drug-likeness (QED) is 0.754. The molecular formula is C19H27NO2. The Bertz CT molecular complexity index is 464. The van der Waals surface area contributed by atoms with E-state index < -0.39 is 0 Å². The Morgan fingerprint density at radius 1 is 1.23 bits per heavy atom. The highest BCUT2D eigenvalue weighted by Crippen LogP contribution is 2.24. The second-order valence-corrected chi connectivity index (χ2v) is 6.08. The third kappa shape index (κ3) is 5.64. The normalized spacial score (nSPS) is 17.5. The van der Waals surface area contributed by atoms with Gasteiger partial charge in [-0.25, -0.2) is 0 Å². The fraction of sp³-hybridized carbons (Fsp3) is 0.526. The van der Waals surface area contributed by atoms with E-state index in [0.717, 1.165) is 12.0 Å². The van der Waals surface area contributed by atoms with Crippen LogP contribution >= 0.6 is 0 Å². The summed E-state index contributed by atoms with van der Waals surface area (Å²) in [5.41, 5.74) is 0.941. The van der Waals surface area contributed by atoms with Crippen molar-refractivity contribution < 1.29 is 9.90 Å². The van der Waals surface area contributed by atoms with Crippen molar-refractivity contribution in [2.75, 3.05) is 6.61 Å². The van der Waals surface area contributed by atoms with Gasteiger partial charge in [-0.3, -0.25) is 4.79 Å². The number of benzene rings is 1. The van der Waals surface area contributed by atoms with E-state index in [9.17, 15) is 9.90 Å². The summed E-state index contributed by atoms with van der Waals surface area (Å²) in [7, 11) is 0. The Kier molecular flexibility index (Phi) is 7.17. The van der Waals surface area contributed by atoms with Crippen molar-refractivity contribution in [2.45, 2.75) is 51.0 Å². The van der Waals surface area contributed by atoms with Crippen LogP contribution in [0.25, 0.3) is 0 Å². The molecule has 1 fully saturated rings. The van der Waals surface area contributed by atoms with Crippen LogP contribution in [0.3, 0.4) is 0 Å². The number of allylic oxidation sites excluding steroid dienone is 2. The largest absolute Gasteiger partial charge is 0.394 e. The van der Waals surface area contributed by atoms with Crippen LogP contribution in [0.5, 0.6) is 0 Å². The van der Waals surface area contributed by atoms with Gasteiger partial charge in [0.2, 0.25) is 5.91 Å². The molecule has 1 saturated carbocycles. The number of aliphatic hydroxyl groups is 1. The minimum absolute atomic E-state index is 0.00352. The lowest BCUT2D eigenvalue weighted by molar-refractivity contribution is -0.122. The van der Waals surface area contributed by atoms with E-state index in [1.165, 1.54) is 32.1 Å². The molecule has 1 aromatic carbocycles. The number of carbonyl (C=O) groups is 1. The van der Waals surface area contributed by atoms with Crippen LogP contribution in [-0.4, -0.2) is 17.6 Å². The molecule has 1 atom stereocenters. The number of aliphatic hydroxyl groups excluding tert-OH is 1. The van der Waals surface area contributed by atoms with E-state index in [1.54, 1.807) is 0 Å². The number of hydrogen-bond donors (Lipinski definition) is 2. The Labute approximate surface area is 133 Å². The molecule has 1 aliphatic rings. The lowest BCUT2D eigenvalue weighted by Crippen LogP contribution is -2.30. The van der Waals surface area contributed by atoms with Gasteiger partial charge in [0, 0.05) is 6.42 Å². The van der Waals surface area contributed by atoms with E-state index >= 15 is 0 Å². The molecule has 0 aromatic heterocycles. The fourth-order valence-corrected chi connectivity index (χ4v) is 3.02. The summed E-state index contributed by atoms with van der Waals surface area (Å²) < 4.78 is 0. The molecule has 3 heteroatoms. The number of carbonyl (C=O) groups excluding carboxylic acids is 1. The van der Waals surface area contributed by atoms with Gasteiger partial charge in [0.25, 0.3) is 0 Å². The van der Waals surface area contributed by atoms with Crippen molar-refractivity contribution in [1.82, 2.24) is 5.32 Å². The van der Waals surface area contributed by atoms with Crippen LogP contribution < -0.4 is 5.32 Å². The summed E-state index contributed by atoms with van der Waals surface area (Å²) in [5.74, 6) is 0.711. The first-order valence-corrected chi connectivity index (χ1v) is 8.41. The zero-order chi connectivity index (χ0) is 15.6. The fourth-order valence-electron chi connectivity index (χ4n) is 3.02. The van der Waals surface area contributed by atoms with Gasteiger partial charge < -0.3 is 10.4 Å². The average molecular weight is 301 g/mol. The van der Waals surface area contributed by atoms with Gasteiger partial charge in [-0.15, -0.1) is 0 Å². The Morgan fingerprint density at radius 3 is 2.64 bits per heavy atom. The first-order valence-electron chi connectivity index (χ1n) is 8.41. The zero-order valence-corrected chi connectivity index (χ0v) is 13.2. The SMILES string of the molecule is O=C(CCC=CC1CCCCC1)NC(CO)c1ccccc1. The van der Waals surface area contributed by atoms with E-state index in [0.29, 0.717) is 12.3 Å². The first kappa shape index (κ1) is 16.8. The van der Waals surface area contributed by atoms with Gasteiger partial charge in [0.15, 0.2) is 0 Å². The molecule has 1 aliphatic carbocycles. The molecule has 0 aliphatic heterocycles. The minimum Gasteiger partial charge on any atom is -0.394 e. The summed E-state index contributed by atoms with van der Waals surface area (Å²) in [4.78, 5) is 12.0. The van der Waals surface area contributed by atoms with Gasteiger partial charge in [0.05, 0.1) is 12.6 Å². The molecule has 2 rings (SSSR count). The lowest BCUT2D eigenvalue weighted by Gasteiger charge is -2.18. The van der Waals surface area contributed by atoms with Crippen LogP contribution in [0.4, 0.5) is 0 Å². The van der Waals surface area contributed by atoms with E-state index in [-0.39, 0.29) is 18.6 Å². The molecule has 0 heterocycles. The molecular weight excluding hydrogens is 274 g/mol. The summed E-state index contributed by atoms with van der Waals surface area (Å²) in [6.45, 7) is -0.0757. The maximum atomic E-state index is 12.0. The molecule has 1 amide bonds. The Morgan fingerprint density at radius 2 is 1.95 bits per heavy atom. The number of hydrogen-bond acceptors (Lipinski definition) is 2. The van der Waals surface area contributed by atoms with Crippen molar-refractivity contribution in [2.24, 2.45) is 5.92 Å². The maximum absolute atomic E-state index is 12.0. The average Bonchev–Trinajstić information content (AvgIpc) is 2.58. The van der Waals surface area contributed by atoms with Crippen molar-refractivity contribution >= 4 is 5.91 Å². The third-order valence-electron chi connectivity index (χ3n) is 4.32. The predicted octanol–water partition coefficient (Wildman–Crippen LogP) is 3.75. The minimum atomic E-state index is -0.309. The lowest BCUT2D eigenvalue weighted by atomic mass is 9.89. The number of amides is 1. The number of rotatable bonds is 7. The van der Waals surface area contributed by atoms with Gasteiger partial charge in [-0.2, -0.15) is 0 Å². The summed E-state index contributed by atoms with van der Waals surface area (Å²) in [6, 6.07) is 9.29. The highest BCUT2D eigenvalue weighted by molar-refractivity contribution is 5.76. The second-order valence-electron chi connectivity index (χ2n) is 6.08. The smallest absolute Gasteiger partial charge is 0.220 e. The van der Waals surface area contributed by atoms with Crippen molar-refractivity contribution in [1.29, 1.82) is 0 Å². The van der Waals surface area contributed by atoms with Crippen molar-refractivity contribution in [3.05, 3.63) is 48.0 Å². The highest BCUT2D eigenvalue weighted by Gasteiger charge is 2.13. The van der Waals surface area contributed by atoms with Gasteiger partial charge in [0.1, 0.15) is 0 Å². The van der Waals surface area contributed by atoms with Crippen LogP contribution in [0.15, 0.2) is 42.5 Å². The third-order valence-corrected chi connectivity index (χ3v) is 4.32. The molecule has 1 aromatic rings. The van der Waals surface area contributed by atoms with Crippen molar-refractivity contribution in [3.63, 3.8) is 0 Å². The molecule has 3 nitrogen and oxygen atoms in total. The van der Waals surface area contributed by atoms with Crippen LogP contribution in [-0.2, 0) is 4.79 Å². The highest BCUT2D eigenvalue weighted by atomic mass is 16.3. The van der Waals surface area contributed by atoms with Crippen LogP contribution in [0.1, 0.15) is 56.6 Å². The van der Waals surface area contributed by atoms with Gasteiger partial charge >= 0.3 is 0 Å². The number of nitrogens with one attached hydrogen (secondary N) is 1. The molecule has 1 unspecified atom stereocenters. The van der Waals surface area contributed by atoms with Crippen LogP contribution in [0, 0.1) is 5.92 Å². The molecule has 0 spiro atoms. The maximum Gasteiger partial charge on any atom is 0.220 e. The van der Waals surface area contributed by atoms with Gasteiger partial charge in [-0.1, -0.05) is 61.7 Å². The second kappa shape index (κ2) is 9.42. The monoisotopic (exact) mass is 301 g/mol. The molecule has 2 N–H and O–H groups in total. The van der Waals surface area contributed by atoms with Gasteiger partial charge in [-0.05, 0) is 30.7 Å². The Hall–Kier alpha value is -1.61. The molecule has 0 bridgehead atoms. The van der Waals surface area contributed by atoms with Crippen LogP contribution in [0.2, 0.25) is 0 Å².